The highest BCUT2D eigenvalue weighted by molar-refractivity contribution is 9.10. The van der Waals surface area contributed by atoms with Crippen LogP contribution >= 0.6 is 27.7 Å². The van der Waals surface area contributed by atoms with Crippen molar-refractivity contribution in [3.63, 3.8) is 0 Å². The summed E-state index contributed by atoms with van der Waals surface area (Å²) in [4.78, 5) is 13.8. The maximum Gasteiger partial charge on any atom is 0.210 e. The first-order valence-corrected chi connectivity index (χ1v) is 8.66. The highest BCUT2D eigenvalue weighted by Gasteiger charge is 2.34. The van der Waals surface area contributed by atoms with E-state index in [-0.39, 0.29) is 22.4 Å². The lowest BCUT2D eigenvalue weighted by Gasteiger charge is -2.29. The van der Waals surface area contributed by atoms with Gasteiger partial charge >= 0.3 is 0 Å². The summed E-state index contributed by atoms with van der Waals surface area (Å²) in [6.45, 7) is 5.84. The van der Waals surface area contributed by atoms with Gasteiger partial charge in [-0.05, 0) is 34.8 Å². The highest BCUT2D eigenvalue weighted by Crippen LogP contribution is 2.53. The van der Waals surface area contributed by atoms with Gasteiger partial charge in [-0.2, -0.15) is 5.26 Å². The van der Waals surface area contributed by atoms with Crippen molar-refractivity contribution in [1.29, 1.82) is 5.26 Å². The van der Waals surface area contributed by atoms with E-state index in [4.69, 9.17) is 4.42 Å². The van der Waals surface area contributed by atoms with E-state index in [0.29, 0.717) is 16.9 Å². The van der Waals surface area contributed by atoms with Crippen LogP contribution < -0.4 is 5.43 Å². The Morgan fingerprint density at radius 2 is 2.14 bits per heavy atom. The Balaban J connectivity index is 2.43. The van der Waals surface area contributed by atoms with Gasteiger partial charge in [-0.3, -0.25) is 4.79 Å². The van der Waals surface area contributed by atoms with Gasteiger partial charge in [-0.25, -0.2) is 0 Å². The van der Waals surface area contributed by atoms with Crippen molar-refractivity contribution in [2.45, 2.75) is 30.9 Å². The number of thioether (sulfide) groups is 1. The normalized spacial score (nSPS) is 16.1. The molecule has 0 bridgehead atoms. The van der Waals surface area contributed by atoms with Crippen LogP contribution in [0.2, 0.25) is 0 Å². The molecule has 0 radical (unpaired) electrons. The quantitative estimate of drug-likeness (QED) is 0.699. The lowest BCUT2D eigenvalue weighted by molar-refractivity contribution is 0.519. The Kier molecular flexibility index (Phi) is 3.92. The molecule has 1 aliphatic heterocycles. The summed E-state index contributed by atoms with van der Waals surface area (Å²) < 4.78 is 6.81. The standard InChI is InChI=1S/C17H14BrNO2S/c1-8(2)16-13-14(20)9(3)12(7-19)21-15(13)10-5-4-6-11(18)17(10)22-16/h4-6,8,16H,1-3H3. The van der Waals surface area contributed by atoms with Crippen molar-refractivity contribution in [2.24, 2.45) is 5.92 Å². The predicted octanol–water partition coefficient (Wildman–Crippen LogP) is 5.05. The van der Waals surface area contributed by atoms with Gasteiger partial charge in [0.15, 0.2) is 5.43 Å². The van der Waals surface area contributed by atoms with Gasteiger partial charge in [0.05, 0.1) is 11.1 Å². The molecule has 1 aromatic carbocycles. The number of hydrogen-bond donors (Lipinski definition) is 0. The maximum atomic E-state index is 12.8. The molecule has 0 fully saturated rings. The number of halogens is 1. The van der Waals surface area contributed by atoms with E-state index in [0.717, 1.165) is 14.9 Å². The SMILES string of the molecule is Cc1c(C#N)oc2c(c1=O)C(C(C)C)Sc1c(Br)cccc1-2. The van der Waals surface area contributed by atoms with Crippen molar-refractivity contribution >= 4 is 27.7 Å². The zero-order valence-corrected chi connectivity index (χ0v) is 14.8. The Morgan fingerprint density at radius 3 is 2.77 bits per heavy atom. The fourth-order valence-corrected chi connectivity index (χ4v) is 4.64. The summed E-state index contributed by atoms with van der Waals surface area (Å²) >= 11 is 5.25. The maximum absolute atomic E-state index is 12.8. The zero-order valence-electron chi connectivity index (χ0n) is 12.4. The van der Waals surface area contributed by atoms with E-state index in [1.165, 1.54) is 0 Å². The van der Waals surface area contributed by atoms with Gasteiger partial charge < -0.3 is 4.42 Å². The molecule has 0 N–H and O–H groups in total. The van der Waals surface area contributed by atoms with E-state index in [1.54, 1.807) is 18.7 Å². The molecule has 0 spiro atoms. The number of nitriles is 1. The molecule has 3 rings (SSSR count). The molecule has 112 valence electrons. The van der Waals surface area contributed by atoms with E-state index in [2.05, 4.69) is 29.8 Å². The number of benzene rings is 1. The second kappa shape index (κ2) is 5.60. The molecule has 1 aliphatic rings. The lowest BCUT2D eigenvalue weighted by Crippen LogP contribution is -2.22. The van der Waals surface area contributed by atoms with Gasteiger partial charge in [0.1, 0.15) is 11.8 Å². The number of nitrogens with zero attached hydrogens (tertiary/aromatic N) is 1. The molecule has 3 nitrogen and oxygen atoms in total. The summed E-state index contributed by atoms with van der Waals surface area (Å²) in [5.41, 5.74) is 1.88. The molecule has 0 saturated carbocycles. The average Bonchev–Trinajstić information content (AvgIpc) is 2.50. The molecule has 1 aromatic heterocycles. The van der Waals surface area contributed by atoms with E-state index < -0.39 is 0 Å². The van der Waals surface area contributed by atoms with Gasteiger partial charge in [0, 0.05) is 20.2 Å². The van der Waals surface area contributed by atoms with Crippen LogP contribution in [0.15, 0.2) is 36.8 Å². The van der Waals surface area contributed by atoms with Crippen molar-refractivity contribution in [3.05, 3.63) is 49.8 Å². The van der Waals surface area contributed by atoms with Crippen molar-refractivity contribution in [1.82, 2.24) is 0 Å². The van der Waals surface area contributed by atoms with Gasteiger partial charge in [0.2, 0.25) is 5.76 Å². The van der Waals surface area contributed by atoms with E-state index >= 15 is 0 Å². The Morgan fingerprint density at radius 1 is 1.41 bits per heavy atom. The fraction of sp³-hybridized carbons (Fsp3) is 0.294. The van der Waals surface area contributed by atoms with Crippen LogP contribution in [0.25, 0.3) is 11.3 Å². The Hall–Kier alpha value is -1.51. The van der Waals surface area contributed by atoms with Crippen LogP contribution in [0.3, 0.4) is 0 Å². The first kappa shape index (κ1) is 15.4. The first-order valence-electron chi connectivity index (χ1n) is 6.99. The Labute approximate surface area is 141 Å². The second-order valence-electron chi connectivity index (χ2n) is 5.64. The molecular weight excluding hydrogens is 362 g/mol. The van der Waals surface area contributed by atoms with Crippen LogP contribution in [0.1, 0.15) is 36.0 Å². The van der Waals surface area contributed by atoms with Gasteiger partial charge in [0.25, 0.3) is 0 Å². The van der Waals surface area contributed by atoms with E-state index in [9.17, 15) is 10.1 Å². The molecule has 1 unspecified atom stereocenters. The predicted molar refractivity (Wildman–Crippen MR) is 91.0 cm³/mol. The summed E-state index contributed by atoms with van der Waals surface area (Å²) in [5.74, 6) is 0.921. The average molecular weight is 376 g/mol. The molecule has 5 heteroatoms. The van der Waals surface area contributed by atoms with Crippen molar-refractivity contribution in [3.8, 4) is 17.4 Å². The molecule has 1 atom stereocenters. The number of fused-ring (bicyclic) bond motifs is 3. The molecule has 0 amide bonds. The van der Waals surface area contributed by atoms with Crippen molar-refractivity contribution in [2.75, 3.05) is 0 Å². The molecule has 22 heavy (non-hydrogen) atoms. The van der Waals surface area contributed by atoms with Crippen LogP contribution in [-0.4, -0.2) is 0 Å². The second-order valence-corrected chi connectivity index (χ2v) is 7.65. The fourth-order valence-electron chi connectivity index (χ4n) is 2.67. The monoisotopic (exact) mass is 375 g/mol. The first-order chi connectivity index (χ1) is 10.5. The third-order valence-corrected chi connectivity index (χ3v) is 6.46. The van der Waals surface area contributed by atoms with Crippen LogP contribution in [0.5, 0.6) is 0 Å². The molecule has 2 aromatic rings. The molecule has 2 heterocycles. The molecule has 0 saturated heterocycles. The van der Waals surface area contributed by atoms with E-state index in [1.807, 2.05) is 24.3 Å². The lowest BCUT2D eigenvalue weighted by atomic mass is 9.95. The highest BCUT2D eigenvalue weighted by atomic mass is 79.9. The zero-order chi connectivity index (χ0) is 16.0. The molecule has 0 aliphatic carbocycles. The number of rotatable bonds is 1. The van der Waals surface area contributed by atoms with Crippen LogP contribution in [0, 0.1) is 24.2 Å². The van der Waals surface area contributed by atoms with Crippen LogP contribution in [-0.2, 0) is 0 Å². The summed E-state index contributed by atoms with van der Waals surface area (Å²) in [5, 5.41) is 9.24. The van der Waals surface area contributed by atoms with Gasteiger partial charge in [-0.15, -0.1) is 11.8 Å². The smallest absolute Gasteiger partial charge is 0.210 e. The summed E-state index contributed by atoms with van der Waals surface area (Å²) in [6.07, 6.45) is 0. The minimum atomic E-state index is -0.0744. The third-order valence-electron chi connectivity index (χ3n) is 3.82. The minimum Gasteiger partial charge on any atom is -0.445 e. The van der Waals surface area contributed by atoms with Crippen LogP contribution in [0.4, 0.5) is 0 Å². The molecular formula is C17H14BrNO2S. The van der Waals surface area contributed by atoms with Gasteiger partial charge in [-0.1, -0.05) is 26.0 Å². The number of hydrogen-bond acceptors (Lipinski definition) is 4. The Bertz CT molecular complexity index is 864. The third kappa shape index (κ3) is 2.22. The topological polar surface area (TPSA) is 54.0 Å². The largest absolute Gasteiger partial charge is 0.445 e. The summed E-state index contributed by atoms with van der Waals surface area (Å²) in [7, 11) is 0. The minimum absolute atomic E-state index is 0.0175. The summed E-state index contributed by atoms with van der Waals surface area (Å²) in [6, 6.07) is 7.81. The van der Waals surface area contributed by atoms with Crippen molar-refractivity contribution < 1.29 is 4.42 Å².